The zero-order valence-corrected chi connectivity index (χ0v) is 6.60. The van der Waals surface area contributed by atoms with Crippen molar-refractivity contribution in [3.63, 3.8) is 0 Å². The first-order chi connectivity index (χ1) is 5.29. The zero-order chi connectivity index (χ0) is 8.10. The fourth-order valence-corrected chi connectivity index (χ4v) is 1.23. The van der Waals surface area contributed by atoms with Crippen LogP contribution in [0.1, 0.15) is 0 Å². The maximum atomic E-state index is 10.1. The Bertz CT molecular complexity index is 237. The Balaban J connectivity index is 2.45. The third-order valence-corrected chi connectivity index (χ3v) is 2.05. The van der Waals surface area contributed by atoms with E-state index in [2.05, 4.69) is 4.98 Å². The predicted octanol–water partition coefficient (Wildman–Crippen LogP) is 0.677. The average molecular weight is 170 g/mol. The summed E-state index contributed by atoms with van der Waals surface area (Å²) >= 11 is 1.31. The number of aromatic nitrogens is 1. The minimum absolute atomic E-state index is 0.115. The molecule has 0 radical (unpaired) electrons. The molecule has 3 nitrogen and oxygen atoms in total. The molecule has 0 fully saturated rings. The van der Waals surface area contributed by atoms with Crippen LogP contribution in [0.3, 0.4) is 0 Å². The van der Waals surface area contributed by atoms with Crippen molar-refractivity contribution in [2.75, 3.05) is 5.75 Å². The van der Waals surface area contributed by atoms with E-state index in [0.717, 1.165) is 4.90 Å². The van der Waals surface area contributed by atoms with Crippen LogP contribution >= 0.6 is 11.8 Å². The maximum Gasteiger partial charge on any atom is 0.313 e. The number of hydrogen-bond donors (Lipinski definition) is 1. The van der Waals surface area contributed by atoms with Crippen LogP contribution in [-0.4, -0.2) is 16.8 Å². The fourth-order valence-electron chi connectivity index (χ4n) is 0.613. The molecule has 1 heterocycles. The van der Waals surface area contributed by atoms with E-state index in [1.54, 1.807) is 12.4 Å². The van der Waals surface area contributed by atoms with Gasteiger partial charge >= 0.3 is 5.97 Å². The van der Waals surface area contributed by atoms with E-state index in [9.17, 15) is 4.79 Å². The molecule has 2 N–H and O–H groups in total. The van der Waals surface area contributed by atoms with Crippen molar-refractivity contribution >= 4 is 17.7 Å². The number of hydrogen-bond acceptors (Lipinski definition) is 2. The highest BCUT2D eigenvalue weighted by atomic mass is 32.2. The molecule has 0 atom stereocenters. The Morgan fingerprint density at radius 3 is 2.73 bits per heavy atom. The quantitative estimate of drug-likeness (QED) is 0.678. The van der Waals surface area contributed by atoms with Gasteiger partial charge in [-0.1, -0.05) is 0 Å². The third-order valence-electron chi connectivity index (χ3n) is 1.05. The lowest BCUT2D eigenvalue weighted by molar-refractivity contribution is -0.378. The zero-order valence-electron chi connectivity index (χ0n) is 5.78. The van der Waals surface area contributed by atoms with Gasteiger partial charge in [0.15, 0.2) is 12.4 Å². The van der Waals surface area contributed by atoms with Crippen molar-refractivity contribution in [1.82, 2.24) is 0 Å². The lowest BCUT2D eigenvalue weighted by atomic mass is 10.5. The lowest BCUT2D eigenvalue weighted by Gasteiger charge is -1.92. The number of aliphatic carboxylic acids is 1. The predicted molar refractivity (Wildman–Crippen MR) is 41.4 cm³/mol. The molecular weight excluding hydrogens is 162 g/mol. The maximum absolute atomic E-state index is 10.1. The monoisotopic (exact) mass is 170 g/mol. The van der Waals surface area contributed by atoms with Gasteiger partial charge in [-0.2, -0.15) is 0 Å². The van der Waals surface area contributed by atoms with Crippen molar-refractivity contribution in [3.05, 3.63) is 24.5 Å². The van der Waals surface area contributed by atoms with E-state index >= 15 is 0 Å². The molecule has 0 aliphatic rings. The molecule has 11 heavy (non-hydrogen) atoms. The van der Waals surface area contributed by atoms with Gasteiger partial charge in [0.25, 0.3) is 0 Å². The van der Waals surface area contributed by atoms with Crippen molar-refractivity contribution in [3.8, 4) is 0 Å². The van der Waals surface area contributed by atoms with E-state index in [1.807, 2.05) is 12.1 Å². The van der Waals surface area contributed by atoms with Crippen LogP contribution in [0.5, 0.6) is 0 Å². The number of rotatable bonds is 3. The Hall–Kier alpha value is -1.03. The summed E-state index contributed by atoms with van der Waals surface area (Å²) in [5.41, 5.74) is 0. The molecule has 0 aromatic carbocycles. The average Bonchev–Trinajstić information content (AvgIpc) is 2.03. The fraction of sp³-hybridized carbons (Fsp3) is 0.143. The summed E-state index contributed by atoms with van der Waals surface area (Å²) in [6.07, 6.45) is 3.54. The van der Waals surface area contributed by atoms with Crippen molar-refractivity contribution < 1.29 is 14.9 Å². The molecule has 0 amide bonds. The van der Waals surface area contributed by atoms with Crippen molar-refractivity contribution in [2.45, 2.75) is 4.90 Å². The van der Waals surface area contributed by atoms with E-state index in [1.165, 1.54) is 11.8 Å². The largest absolute Gasteiger partial charge is 0.481 e. The summed E-state index contributed by atoms with van der Waals surface area (Å²) in [7, 11) is 0. The van der Waals surface area contributed by atoms with Gasteiger partial charge in [-0.05, 0) is 0 Å². The summed E-state index contributed by atoms with van der Waals surface area (Å²) in [5, 5.41) is 8.35. The highest BCUT2D eigenvalue weighted by Crippen LogP contribution is 2.14. The summed E-state index contributed by atoms with van der Waals surface area (Å²) in [6.45, 7) is 0. The molecule has 58 valence electrons. The molecule has 0 saturated carbocycles. The lowest BCUT2D eigenvalue weighted by Crippen LogP contribution is -1.99. The minimum Gasteiger partial charge on any atom is -0.481 e. The number of carboxylic acid groups (broad SMARTS) is 1. The number of thioether (sulfide) groups is 1. The Morgan fingerprint density at radius 1 is 1.55 bits per heavy atom. The number of carboxylic acids is 1. The Labute approximate surface area is 68.5 Å². The third kappa shape index (κ3) is 3.04. The van der Waals surface area contributed by atoms with Gasteiger partial charge in [0, 0.05) is 17.0 Å². The van der Waals surface area contributed by atoms with Crippen LogP contribution in [0.25, 0.3) is 0 Å². The van der Waals surface area contributed by atoms with Crippen LogP contribution in [0.2, 0.25) is 0 Å². The molecule has 0 aliphatic heterocycles. The second-order valence-corrected chi connectivity index (χ2v) is 2.97. The Morgan fingerprint density at radius 2 is 2.18 bits per heavy atom. The smallest absolute Gasteiger partial charge is 0.313 e. The number of aromatic amines is 1. The van der Waals surface area contributed by atoms with E-state index in [-0.39, 0.29) is 5.75 Å². The van der Waals surface area contributed by atoms with Gasteiger partial charge in [-0.25, -0.2) is 4.98 Å². The molecule has 0 spiro atoms. The number of carbonyl (C=O) groups is 1. The van der Waals surface area contributed by atoms with E-state index in [0.29, 0.717) is 0 Å². The standard InChI is InChI=1S/C7H7NO2S/c9-7(10)5-11-6-1-3-8-4-2-6/h1-4H,5H2,(H,9,10)/p+1. The van der Waals surface area contributed by atoms with Gasteiger partial charge in [-0.3, -0.25) is 4.79 Å². The van der Waals surface area contributed by atoms with Gasteiger partial charge < -0.3 is 5.11 Å². The SMILES string of the molecule is O=C(O)CSc1cc[nH+]cc1. The Kier molecular flexibility index (Phi) is 2.92. The molecule has 4 heteroatoms. The van der Waals surface area contributed by atoms with Crippen LogP contribution in [-0.2, 0) is 4.79 Å². The molecule has 1 rings (SSSR count). The van der Waals surface area contributed by atoms with Crippen LogP contribution in [0.4, 0.5) is 0 Å². The molecule has 0 unspecified atom stereocenters. The molecule has 0 aliphatic carbocycles. The first kappa shape index (κ1) is 8.07. The number of H-pyrrole nitrogens is 1. The molecule has 1 aromatic heterocycles. The van der Waals surface area contributed by atoms with Gasteiger partial charge in [0.1, 0.15) is 0 Å². The second kappa shape index (κ2) is 3.98. The van der Waals surface area contributed by atoms with E-state index in [4.69, 9.17) is 5.11 Å². The van der Waals surface area contributed by atoms with E-state index < -0.39 is 5.97 Å². The van der Waals surface area contributed by atoms with Crippen LogP contribution < -0.4 is 4.98 Å². The molecule has 0 bridgehead atoms. The number of nitrogens with one attached hydrogen (secondary N) is 1. The first-order valence-electron chi connectivity index (χ1n) is 3.10. The first-order valence-corrected chi connectivity index (χ1v) is 4.08. The molecule has 1 aromatic rings. The molecular formula is C7H8NO2S+. The van der Waals surface area contributed by atoms with Crippen molar-refractivity contribution in [1.29, 1.82) is 0 Å². The van der Waals surface area contributed by atoms with Gasteiger partial charge in [0.05, 0.1) is 5.75 Å². The summed E-state index contributed by atoms with van der Waals surface area (Å²) < 4.78 is 0. The normalized spacial score (nSPS) is 9.45. The van der Waals surface area contributed by atoms with Crippen molar-refractivity contribution in [2.24, 2.45) is 0 Å². The van der Waals surface area contributed by atoms with Crippen LogP contribution in [0.15, 0.2) is 29.4 Å². The minimum atomic E-state index is -0.789. The summed E-state index contributed by atoms with van der Waals surface area (Å²) in [6, 6.07) is 3.68. The summed E-state index contributed by atoms with van der Waals surface area (Å²) in [5.74, 6) is -0.674. The van der Waals surface area contributed by atoms with Crippen LogP contribution in [0, 0.1) is 0 Å². The van der Waals surface area contributed by atoms with Gasteiger partial charge in [-0.15, -0.1) is 11.8 Å². The topological polar surface area (TPSA) is 51.4 Å². The second-order valence-electron chi connectivity index (χ2n) is 1.92. The highest BCUT2D eigenvalue weighted by molar-refractivity contribution is 8.00. The highest BCUT2D eigenvalue weighted by Gasteiger charge is 1.98. The molecule has 0 saturated heterocycles. The number of pyridine rings is 1. The van der Waals surface area contributed by atoms with Gasteiger partial charge in [0.2, 0.25) is 0 Å². The summed E-state index contributed by atoms with van der Waals surface area (Å²) in [4.78, 5) is 14.0.